The van der Waals surface area contributed by atoms with Gasteiger partial charge < -0.3 is 4.74 Å². The molecule has 210 valence electrons. The van der Waals surface area contributed by atoms with Gasteiger partial charge in [0.05, 0.1) is 21.6 Å². The summed E-state index contributed by atoms with van der Waals surface area (Å²) in [7, 11) is 0. The zero-order valence-electron chi connectivity index (χ0n) is 22.5. The third-order valence-electron chi connectivity index (χ3n) is 7.73. The molecule has 4 aromatic rings. The Morgan fingerprint density at radius 2 is 1.57 bits per heavy atom. The van der Waals surface area contributed by atoms with Crippen LogP contribution in [0.4, 0.5) is 11.4 Å². The normalized spacial score (nSPS) is 18.9. The SMILES string of the molecule is O=C(COc1ccc2ccccc2c1)N1N=C2/C(=C\c3ccc([N+](=O)[O-])cc3)CCC[C@H]2[C@H]1c1ccc([N+](=O)[O-])cc1. The Kier molecular flexibility index (Phi) is 7.18. The van der Waals surface area contributed by atoms with Crippen molar-refractivity contribution in [3.8, 4) is 5.75 Å². The molecule has 1 saturated carbocycles. The molecular formula is C32H26N4O6. The van der Waals surface area contributed by atoms with Gasteiger partial charge in [-0.3, -0.25) is 25.0 Å². The number of fused-ring (bicyclic) bond motifs is 2. The maximum absolute atomic E-state index is 13.7. The van der Waals surface area contributed by atoms with Crippen molar-refractivity contribution in [1.82, 2.24) is 5.01 Å². The van der Waals surface area contributed by atoms with E-state index in [0.29, 0.717) is 5.75 Å². The highest BCUT2D eigenvalue weighted by Gasteiger charge is 2.44. The Labute approximate surface area is 240 Å². The Bertz CT molecular complexity index is 1750. The standard InChI is InChI=1S/C32H26N4O6/c37-30(20-42-28-17-12-22-4-1-2-5-24(22)19-28)34-32(23-10-15-27(16-11-23)36(40)41)29-7-3-6-25(31(29)33-34)18-21-8-13-26(14-9-21)35(38)39/h1-2,4-5,8-19,29,32H,3,6-7,20H2/b25-18-/t29-,32-/m1/s1. The van der Waals surface area contributed by atoms with Crippen LogP contribution in [0.3, 0.4) is 0 Å². The van der Waals surface area contributed by atoms with Crippen molar-refractivity contribution in [2.75, 3.05) is 6.61 Å². The maximum atomic E-state index is 13.7. The molecule has 1 aliphatic heterocycles. The number of ether oxygens (including phenoxy) is 1. The molecule has 10 heteroatoms. The second-order valence-corrected chi connectivity index (χ2v) is 10.3. The Morgan fingerprint density at radius 1 is 0.905 bits per heavy atom. The van der Waals surface area contributed by atoms with Gasteiger partial charge in [-0.1, -0.05) is 42.5 Å². The molecule has 0 spiro atoms. The van der Waals surface area contributed by atoms with Crippen LogP contribution in [0, 0.1) is 26.1 Å². The number of carbonyl (C=O) groups is 1. The number of allylic oxidation sites excluding steroid dienone is 1. The maximum Gasteiger partial charge on any atom is 0.281 e. The van der Waals surface area contributed by atoms with Gasteiger partial charge in [0, 0.05) is 30.2 Å². The molecule has 4 aromatic carbocycles. The second kappa shape index (κ2) is 11.2. The van der Waals surface area contributed by atoms with Crippen LogP contribution in [-0.2, 0) is 4.79 Å². The topological polar surface area (TPSA) is 128 Å². The van der Waals surface area contributed by atoms with Gasteiger partial charge in [-0.05, 0) is 77.1 Å². The van der Waals surface area contributed by atoms with E-state index in [1.54, 1.807) is 24.3 Å². The summed E-state index contributed by atoms with van der Waals surface area (Å²) in [6, 6.07) is 25.6. The Balaban J connectivity index is 1.31. The first-order valence-corrected chi connectivity index (χ1v) is 13.6. The minimum atomic E-state index is -0.452. The molecule has 10 nitrogen and oxygen atoms in total. The summed E-state index contributed by atoms with van der Waals surface area (Å²) in [6.07, 6.45) is 4.35. The van der Waals surface area contributed by atoms with E-state index in [0.717, 1.165) is 52.4 Å². The molecule has 0 radical (unpaired) electrons. The summed E-state index contributed by atoms with van der Waals surface area (Å²) < 4.78 is 5.91. The average molecular weight is 563 g/mol. The van der Waals surface area contributed by atoms with Crippen LogP contribution in [0.1, 0.15) is 36.4 Å². The summed E-state index contributed by atoms with van der Waals surface area (Å²) in [4.78, 5) is 35.1. The highest BCUT2D eigenvalue weighted by molar-refractivity contribution is 6.08. The van der Waals surface area contributed by atoms with E-state index >= 15 is 0 Å². The number of nitro groups is 2. The van der Waals surface area contributed by atoms with Gasteiger partial charge in [-0.2, -0.15) is 5.10 Å². The van der Waals surface area contributed by atoms with Gasteiger partial charge in [0.25, 0.3) is 17.3 Å². The summed E-state index contributed by atoms with van der Waals surface area (Å²) in [5.74, 6) is 0.120. The van der Waals surface area contributed by atoms with Gasteiger partial charge in [0.15, 0.2) is 6.61 Å². The van der Waals surface area contributed by atoms with Crippen molar-refractivity contribution in [1.29, 1.82) is 0 Å². The lowest BCUT2D eigenvalue weighted by Gasteiger charge is -2.29. The van der Waals surface area contributed by atoms with E-state index in [-0.39, 0.29) is 29.8 Å². The number of amides is 1. The predicted octanol–water partition coefficient (Wildman–Crippen LogP) is 6.86. The van der Waals surface area contributed by atoms with E-state index in [1.807, 2.05) is 48.5 Å². The number of non-ortho nitro benzene ring substituents is 2. The highest BCUT2D eigenvalue weighted by atomic mass is 16.6. The fraction of sp³-hybridized carbons (Fsp3) is 0.188. The molecule has 1 fully saturated rings. The second-order valence-electron chi connectivity index (χ2n) is 10.3. The van der Waals surface area contributed by atoms with Crippen LogP contribution < -0.4 is 4.74 Å². The van der Waals surface area contributed by atoms with E-state index < -0.39 is 15.9 Å². The van der Waals surface area contributed by atoms with Crippen molar-refractivity contribution in [2.24, 2.45) is 11.0 Å². The zero-order chi connectivity index (χ0) is 29.2. The largest absolute Gasteiger partial charge is 0.484 e. The lowest BCUT2D eigenvalue weighted by molar-refractivity contribution is -0.385. The van der Waals surface area contributed by atoms with E-state index in [2.05, 4.69) is 0 Å². The molecule has 0 aromatic heterocycles. The number of hydrogen-bond donors (Lipinski definition) is 0. The first kappa shape index (κ1) is 26.8. The number of nitrogens with zero attached hydrogens (tertiary/aromatic N) is 4. The van der Waals surface area contributed by atoms with Gasteiger partial charge >= 0.3 is 0 Å². The molecule has 0 saturated heterocycles. The molecule has 0 bridgehead atoms. The highest BCUT2D eigenvalue weighted by Crippen LogP contribution is 2.44. The van der Waals surface area contributed by atoms with Crippen LogP contribution in [0.2, 0.25) is 0 Å². The molecular weight excluding hydrogens is 536 g/mol. The molecule has 1 heterocycles. The van der Waals surface area contributed by atoms with Crippen LogP contribution >= 0.6 is 0 Å². The molecule has 0 unspecified atom stereocenters. The first-order valence-electron chi connectivity index (χ1n) is 13.6. The number of nitro benzene ring substituents is 2. The summed E-state index contributed by atoms with van der Waals surface area (Å²) in [5, 5.41) is 30.7. The number of carbonyl (C=O) groups excluding carboxylic acids is 1. The molecule has 2 atom stereocenters. The van der Waals surface area contributed by atoms with Crippen LogP contribution in [0.5, 0.6) is 5.75 Å². The fourth-order valence-corrected chi connectivity index (χ4v) is 5.70. The van der Waals surface area contributed by atoms with Crippen molar-refractivity contribution >= 4 is 39.8 Å². The quantitative estimate of drug-likeness (QED) is 0.179. The van der Waals surface area contributed by atoms with Gasteiger partial charge in [-0.15, -0.1) is 0 Å². The average Bonchev–Trinajstić information content (AvgIpc) is 3.41. The molecule has 2 aliphatic rings. The first-order chi connectivity index (χ1) is 20.4. The predicted molar refractivity (Wildman–Crippen MR) is 158 cm³/mol. The lowest BCUT2D eigenvalue weighted by Crippen LogP contribution is -2.34. The lowest BCUT2D eigenvalue weighted by atomic mass is 9.77. The van der Waals surface area contributed by atoms with Crippen molar-refractivity contribution < 1.29 is 19.4 Å². The van der Waals surface area contributed by atoms with Crippen LogP contribution in [0.25, 0.3) is 16.8 Å². The Morgan fingerprint density at radius 3 is 2.26 bits per heavy atom. The molecule has 0 N–H and O–H groups in total. The summed E-state index contributed by atoms with van der Waals surface area (Å²) in [5.41, 5.74) is 3.27. The molecule has 1 amide bonds. The molecule has 6 rings (SSSR count). The van der Waals surface area contributed by atoms with Gasteiger partial charge in [0.1, 0.15) is 5.75 Å². The summed E-state index contributed by atoms with van der Waals surface area (Å²) >= 11 is 0. The number of hydrazone groups is 1. The minimum absolute atomic E-state index is 0.0123. The van der Waals surface area contributed by atoms with E-state index in [4.69, 9.17) is 9.84 Å². The number of hydrogen-bond acceptors (Lipinski definition) is 7. The van der Waals surface area contributed by atoms with Crippen LogP contribution in [-0.4, -0.2) is 33.1 Å². The molecule has 42 heavy (non-hydrogen) atoms. The van der Waals surface area contributed by atoms with E-state index in [9.17, 15) is 25.0 Å². The summed E-state index contributed by atoms with van der Waals surface area (Å²) in [6.45, 7) is -0.229. The van der Waals surface area contributed by atoms with Crippen molar-refractivity contribution in [3.63, 3.8) is 0 Å². The van der Waals surface area contributed by atoms with Gasteiger partial charge in [-0.25, -0.2) is 5.01 Å². The monoisotopic (exact) mass is 562 g/mol. The molecule has 1 aliphatic carbocycles. The number of rotatable bonds is 7. The van der Waals surface area contributed by atoms with Crippen molar-refractivity contribution in [2.45, 2.75) is 25.3 Å². The van der Waals surface area contributed by atoms with Crippen molar-refractivity contribution in [3.05, 3.63) is 128 Å². The fourth-order valence-electron chi connectivity index (χ4n) is 5.70. The van der Waals surface area contributed by atoms with Gasteiger partial charge in [0.2, 0.25) is 0 Å². The number of benzene rings is 4. The van der Waals surface area contributed by atoms with Crippen LogP contribution in [0.15, 0.2) is 102 Å². The minimum Gasteiger partial charge on any atom is -0.484 e. The zero-order valence-corrected chi connectivity index (χ0v) is 22.5. The third kappa shape index (κ3) is 5.34. The van der Waals surface area contributed by atoms with E-state index in [1.165, 1.54) is 29.3 Å². The smallest absolute Gasteiger partial charge is 0.281 e. The Hall–Kier alpha value is -5.38. The third-order valence-corrected chi connectivity index (χ3v) is 7.73.